The lowest BCUT2D eigenvalue weighted by molar-refractivity contribution is 0.418. The predicted octanol–water partition coefficient (Wildman–Crippen LogP) is 2.14. The van der Waals surface area contributed by atoms with Crippen LogP contribution in [0.5, 0.6) is 0 Å². The summed E-state index contributed by atoms with van der Waals surface area (Å²) in [7, 11) is 1.87. The van der Waals surface area contributed by atoms with Gasteiger partial charge < -0.3 is 15.1 Å². The van der Waals surface area contributed by atoms with Crippen LogP contribution >= 0.6 is 0 Å². The van der Waals surface area contributed by atoms with Crippen LogP contribution in [-0.4, -0.2) is 48.2 Å². The maximum absolute atomic E-state index is 4.74. The average Bonchev–Trinajstić information content (AvgIpc) is 2.88. The van der Waals surface area contributed by atoms with Gasteiger partial charge in [-0.05, 0) is 31.1 Å². The third-order valence-electron chi connectivity index (χ3n) is 4.43. The molecule has 1 N–H and O–H groups in total. The number of aromatic nitrogens is 3. The molecule has 3 heterocycles. The fourth-order valence-electron chi connectivity index (χ4n) is 3.13. The van der Waals surface area contributed by atoms with Crippen LogP contribution in [0.4, 0.5) is 17.8 Å². The molecule has 2 aliphatic heterocycles. The molecule has 0 atom stereocenters. The van der Waals surface area contributed by atoms with Crippen molar-refractivity contribution in [2.45, 2.75) is 39.5 Å². The van der Waals surface area contributed by atoms with Crippen molar-refractivity contribution in [2.24, 2.45) is 5.41 Å². The van der Waals surface area contributed by atoms with E-state index in [1.165, 1.54) is 25.7 Å². The number of piperidine rings is 1. The summed E-state index contributed by atoms with van der Waals surface area (Å²) in [5.74, 6) is 2.32. The molecule has 1 aromatic rings. The lowest BCUT2D eigenvalue weighted by Gasteiger charge is -2.28. The van der Waals surface area contributed by atoms with Gasteiger partial charge in [-0.1, -0.05) is 13.8 Å². The summed E-state index contributed by atoms with van der Waals surface area (Å²) in [4.78, 5) is 18.4. The Labute approximate surface area is 127 Å². The number of nitrogens with one attached hydrogen (secondary N) is 1. The number of rotatable bonds is 3. The third-order valence-corrected chi connectivity index (χ3v) is 4.43. The van der Waals surface area contributed by atoms with E-state index in [-0.39, 0.29) is 0 Å². The predicted molar refractivity (Wildman–Crippen MR) is 86.0 cm³/mol. The Bertz CT molecular complexity index is 495. The van der Waals surface area contributed by atoms with Crippen molar-refractivity contribution in [3.8, 4) is 0 Å². The van der Waals surface area contributed by atoms with Crippen molar-refractivity contribution in [3.63, 3.8) is 0 Å². The Morgan fingerprint density at radius 2 is 1.57 bits per heavy atom. The second-order valence-electron chi connectivity index (χ2n) is 6.89. The third kappa shape index (κ3) is 3.19. The maximum atomic E-state index is 4.74. The van der Waals surface area contributed by atoms with Crippen molar-refractivity contribution < 1.29 is 0 Å². The largest absolute Gasteiger partial charge is 0.357 e. The van der Waals surface area contributed by atoms with Crippen LogP contribution in [0, 0.1) is 5.41 Å². The van der Waals surface area contributed by atoms with Gasteiger partial charge in [0.25, 0.3) is 0 Å². The fraction of sp³-hybridized carbons (Fsp3) is 0.800. The lowest BCUT2D eigenvalue weighted by Crippen LogP contribution is -2.32. The molecular formula is C15H26N6. The van der Waals surface area contributed by atoms with Crippen LogP contribution in [-0.2, 0) is 0 Å². The lowest BCUT2D eigenvalue weighted by atomic mass is 9.93. The molecule has 2 saturated heterocycles. The van der Waals surface area contributed by atoms with E-state index in [2.05, 4.69) is 38.9 Å². The second kappa shape index (κ2) is 5.66. The number of hydrogen-bond donors (Lipinski definition) is 1. The monoisotopic (exact) mass is 290 g/mol. The van der Waals surface area contributed by atoms with E-state index in [0.29, 0.717) is 11.4 Å². The molecule has 2 fully saturated rings. The van der Waals surface area contributed by atoms with Gasteiger partial charge in [0.2, 0.25) is 17.8 Å². The van der Waals surface area contributed by atoms with Gasteiger partial charge in [0.1, 0.15) is 0 Å². The first-order valence-electron chi connectivity index (χ1n) is 8.01. The summed E-state index contributed by atoms with van der Waals surface area (Å²) < 4.78 is 0. The Kier molecular flexibility index (Phi) is 3.87. The first-order chi connectivity index (χ1) is 10.1. The van der Waals surface area contributed by atoms with E-state index in [1.807, 2.05) is 7.05 Å². The number of anilines is 3. The number of nitrogens with zero attached hydrogens (tertiary/aromatic N) is 5. The highest BCUT2D eigenvalue weighted by molar-refractivity contribution is 5.46. The Morgan fingerprint density at radius 3 is 2.14 bits per heavy atom. The fourth-order valence-corrected chi connectivity index (χ4v) is 3.13. The number of hydrogen-bond acceptors (Lipinski definition) is 6. The van der Waals surface area contributed by atoms with E-state index in [0.717, 1.165) is 38.1 Å². The highest BCUT2D eigenvalue weighted by atomic mass is 15.4. The SMILES string of the molecule is CNc1nc(N2CCCCC2)nc(N2CCC(C)(C)C2)n1. The van der Waals surface area contributed by atoms with Gasteiger partial charge in [-0.2, -0.15) is 15.0 Å². The Hall–Kier alpha value is -1.59. The Morgan fingerprint density at radius 1 is 0.905 bits per heavy atom. The molecule has 0 spiro atoms. The van der Waals surface area contributed by atoms with Gasteiger partial charge in [0, 0.05) is 33.2 Å². The van der Waals surface area contributed by atoms with Crippen molar-refractivity contribution >= 4 is 17.8 Å². The van der Waals surface area contributed by atoms with Crippen molar-refractivity contribution in [2.75, 3.05) is 48.3 Å². The molecule has 0 amide bonds. The van der Waals surface area contributed by atoms with Crippen LogP contribution in [0.1, 0.15) is 39.5 Å². The summed E-state index contributed by atoms with van der Waals surface area (Å²) in [6, 6.07) is 0. The van der Waals surface area contributed by atoms with Gasteiger partial charge in [-0.15, -0.1) is 0 Å². The van der Waals surface area contributed by atoms with Crippen molar-refractivity contribution in [1.82, 2.24) is 15.0 Å². The van der Waals surface area contributed by atoms with Crippen molar-refractivity contribution in [3.05, 3.63) is 0 Å². The molecule has 0 aromatic carbocycles. The molecule has 6 heteroatoms. The minimum Gasteiger partial charge on any atom is -0.357 e. The minimum atomic E-state index is 0.345. The first-order valence-corrected chi connectivity index (χ1v) is 8.01. The molecule has 0 bridgehead atoms. The average molecular weight is 290 g/mol. The molecular weight excluding hydrogens is 264 g/mol. The highest BCUT2D eigenvalue weighted by Crippen LogP contribution is 2.31. The normalized spacial score (nSPS) is 21.7. The van der Waals surface area contributed by atoms with Gasteiger partial charge >= 0.3 is 0 Å². The van der Waals surface area contributed by atoms with Gasteiger partial charge in [-0.25, -0.2) is 0 Å². The van der Waals surface area contributed by atoms with E-state index >= 15 is 0 Å². The van der Waals surface area contributed by atoms with Gasteiger partial charge in [-0.3, -0.25) is 0 Å². The molecule has 6 nitrogen and oxygen atoms in total. The maximum Gasteiger partial charge on any atom is 0.231 e. The molecule has 0 unspecified atom stereocenters. The van der Waals surface area contributed by atoms with E-state index in [1.54, 1.807) is 0 Å². The molecule has 3 rings (SSSR count). The highest BCUT2D eigenvalue weighted by Gasteiger charge is 2.31. The zero-order chi connectivity index (χ0) is 14.9. The molecule has 0 radical (unpaired) electrons. The van der Waals surface area contributed by atoms with E-state index in [9.17, 15) is 0 Å². The topological polar surface area (TPSA) is 57.2 Å². The van der Waals surface area contributed by atoms with Crippen LogP contribution in [0.15, 0.2) is 0 Å². The first kappa shape index (κ1) is 14.4. The summed E-state index contributed by atoms with van der Waals surface area (Å²) in [6.45, 7) is 8.76. The molecule has 0 saturated carbocycles. The van der Waals surface area contributed by atoms with E-state index in [4.69, 9.17) is 4.98 Å². The van der Waals surface area contributed by atoms with Crippen LogP contribution in [0.2, 0.25) is 0 Å². The summed E-state index contributed by atoms with van der Waals surface area (Å²) in [5, 5.41) is 3.08. The Balaban J connectivity index is 1.86. The molecule has 1 aromatic heterocycles. The standard InChI is InChI=1S/C15H26N6/c1-15(2)7-10-21(11-15)14-18-12(16-3)17-13(19-14)20-8-5-4-6-9-20/h4-11H2,1-3H3,(H,16,17,18,19). The van der Waals surface area contributed by atoms with E-state index < -0.39 is 0 Å². The summed E-state index contributed by atoms with van der Waals surface area (Å²) >= 11 is 0. The van der Waals surface area contributed by atoms with Gasteiger partial charge in [0.05, 0.1) is 0 Å². The van der Waals surface area contributed by atoms with Crippen LogP contribution < -0.4 is 15.1 Å². The molecule has 2 aliphatic rings. The van der Waals surface area contributed by atoms with Crippen LogP contribution in [0.3, 0.4) is 0 Å². The zero-order valence-electron chi connectivity index (χ0n) is 13.4. The quantitative estimate of drug-likeness (QED) is 0.920. The second-order valence-corrected chi connectivity index (χ2v) is 6.89. The summed E-state index contributed by atoms with van der Waals surface area (Å²) in [6.07, 6.45) is 4.96. The van der Waals surface area contributed by atoms with Crippen LogP contribution in [0.25, 0.3) is 0 Å². The molecule has 116 valence electrons. The van der Waals surface area contributed by atoms with Gasteiger partial charge in [0.15, 0.2) is 0 Å². The zero-order valence-corrected chi connectivity index (χ0v) is 13.4. The van der Waals surface area contributed by atoms with Crippen molar-refractivity contribution in [1.29, 1.82) is 0 Å². The summed E-state index contributed by atoms with van der Waals surface area (Å²) in [5.41, 5.74) is 0.345. The smallest absolute Gasteiger partial charge is 0.231 e. The molecule has 0 aliphatic carbocycles. The molecule has 21 heavy (non-hydrogen) atoms. The minimum absolute atomic E-state index is 0.345.